The predicted molar refractivity (Wildman–Crippen MR) is 70.1 cm³/mol. The molecule has 0 fully saturated rings. The Morgan fingerprint density at radius 2 is 1.67 bits per heavy atom. The zero-order valence-corrected chi connectivity index (χ0v) is 9.48. The van der Waals surface area contributed by atoms with Crippen LogP contribution in [0.25, 0.3) is 12.2 Å². The molecule has 90 valence electrons. The molecule has 2 rings (SSSR count). The Bertz CT molecular complexity index is 588. The highest BCUT2D eigenvalue weighted by atomic mass is 16.6. The normalized spacial score (nSPS) is 10.7. The van der Waals surface area contributed by atoms with Crippen LogP contribution >= 0.6 is 0 Å². The van der Waals surface area contributed by atoms with Crippen molar-refractivity contribution in [3.8, 4) is 5.75 Å². The summed E-state index contributed by atoms with van der Waals surface area (Å²) in [6, 6.07) is 13.2. The second-order valence-corrected chi connectivity index (χ2v) is 3.74. The summed E-state index contributed by atoms with van der Waals surface area (Å²) in [4.78, 5) is 10.1. The second-order valence-electron chi connectivity index (χ2n) is 3.74. The molecule has 0 aliphatic heterocycles. The van der Waals surface area contributed by atoms with Crippen LogP contribution in [0.1, 0.15) is 11.1 Å². The lowest BCUT2D eigenvalue weighted by Gasteiger charge is -1.97. The molecule has 4 nitrogen and oxygen atoms in total. The molecule has 0 amide bonds. The summed E-state index contributed by atoms with van der Waals surface area (Å²) >= 11 is 0. The van der Waals surface area contributed by atoms with Gasteiger partial charge in [0.25, 0.3) is 5.69 Å². The zero-order valence-electron chi connectivity index (χ0n) is 9.48. The summed E-state index contributed by atoms with van der Waals surface area (Å²) in [7, 11) is 0. The Morgan fingerprint density at radius 3 is 2.28 bits per heavy atom. The van der Waals surface area contributed by atoms with E-state index in [1.54, 1.807) is 42.5 Å². The van der Waals surface area contributed by atoms with Crippen molar-refractivity contribution in [3.05, 3.63) is 69.8 Å². The summed E-state index contributed by atoms with van der Waals surface area (Å²) < 4.78 is 0. The number of phenols is 1. The number of hydrogen-bond donors (Lipinski definition) is 1. The van der Waals surface area contributed by atoms with Gasteiger partial charge in [-0.05, 0) is 23.8 Å². The van der Waals surface area contributed by atoms with Gasteiger partial charge in [-0.1, -0.05) is 30.4 Å². The molecule has 0 saturated heterocycles. The van der Waals surface area contributed by atoms with Crippen molar-refractivity contribution < 1.29 is 10.0 Å². The third kappa shape index (κ3) is 2.74. The van der Waals surface area contributed by atoms with Crippen LogP contribution in [0.3, 0.4) is 0 Å². The van der Waals surface area contributed by atoms with E-state index in [2.05, 4.69) is 0 Å². The van der Waals surface area contributed by atoms with Crippen LogP contribution in [0.4, 0.5) is 5.69 Å². The van der Waals surface area contributed by atoms with Gasteiger partial charge in [-0.2, -0.15) is 0 Å². The van der Waals surface area contributed by atoms with Gasteiger partial charge in [0.1, 0.15) is 5.75 Å². The average Bonchev–Trinajstić information content (AvgIpc) is 2.38. The molecule has 18 heavy (non-hydrogen) atoms. The van der Waals surface area contributed by atoms with Crippen LogP contribution in [0.5, 0.6) is 5.75 Å². The highest BCUT2D eigenvalue weighted by molar-refractivity contribution is 5.72. The van der Waals surface area contributed by atoms with Gasteiger partial charge in [0, 0.05) is 17.7 Å². The molecule has 0 radical (unpaired) electrons. The van der Waals surface area contributed by atoms with E-state index in [9.17, 15) is 15.2 Å². The number of rotatable bonds is 3. The van der Waals surface area contributed by atoms with E-state index in [1.807, 2.05) is 6.07 Å². The number of nitro benzene ring substituents is 1. The van der Waals surface area contributed by atoms with E-state index >= 15 is 0 Å². The summed E-state index contributed by atoms with van der Waals surface area (Å²) in [5.41, 5.74) is 1.61. The molecule has 0 saturated carbocycles. The van der Waals surface area contributed by atoms with Gasteiger partial charge in [0.2, 0.25) is 0 Å². The van der Waals surface area contributed by atoms with Crippen molar-refractivity contribution in [1.29, 1.82) is 0 Å². The Hall–Kier alpha value is -2.62. The fourth-order valence-electron chi connectivity index (χ4n) is 1.52. The topological polar surface area (TPSA) is 63.4 Å². The van der Waals surface area contributed by atoms with Gasteiger partial charge >= 0.3 is 0 Å². The number of nitrogens with zero attached hydrogens (tertiary/aromatic N) is 1. The second kappa shape index (κ2) is 5.14. The van der Waals surface area contributed by atoms with Gasteiger partial charge < -0.3 is 5.11 Å². The number of nitro groups is 1. The van der Waals surface area contributed by atoms with Gasteiger partial charge in [-0.15, -0.1) is 0 Å². The minimum absolute atomic E-state index is 0.0645. The molecule has 1 N–H and O–H groups in total. The largest absolute Gasteiger partial charge is 0.507 e. The number of benzene rings is 2. The number of aromatic hydroxyl groups is 1. The van der Waals surface area contributed by atoms with Crippen LogP contribution in [0.2, 0.25) is 0 Å². The minimum Gasteiger partial charge on any atom is -0.507 e. The molecule has 2 aromatic rings. The lowest BCUT2D eigenvalue weighted by Crippen LogP contribution is -1.86. The predicted octanol–water partition coefficient (Wildman–Crippen LogP) is 3.47. The van der Waals surface area contributed by atoms with Crippen molar-refractivity contribution in [1.82, 2.24) is 0 Å². The van der Waals surface area contributed by atoms with E-state index in [1.165, 1.54) is 12.1 Å². The van der Waals surface area contributed by atoms with E-state index in [0.717, 1.165) is 5.56 Å². The van der Waals surface area contributed by atoms with Crippen molar-refractivity contribution in [2.75, 3.05) is 0 Å². The van der Waals surface area contributed by atoms with Gasteiger partial charge in [0.15, 0.2) is 0 Å². The number of phenolic OH excluding ortho intramolecular Hbond substituents is 1. The van der Waals surface area contributed by atoms with E-state index in [4.69, 9.17) is 0 Å². The maximum Gasteiger partial charge on any atom is 0.269 e. The molecule has 0 aliphatic carbocycles. The quantitative estimate of drug-likeness (QED) is 0.508. The lowest BCUT2D eigenvalue weighted by atomic mass is 10.1. The molecule has 0 aromatic heterocycles. The van der Waals surface area contributed by atoms with Gasteiger partial charge in [-0.3, -0.25) is 10.1 Å². The molecule has 2 aromatic carbocycles. The lowest BCUT2D eigenvalue weighted by molar-refractivity contribution is -0.384. The Kier molecular flexibility index (Phi) is 3.38. The third-order valence-corrected chi connectivity index (χ3v) is 2.50. The first-order valence-electron chi connectivity index (χ1n) is 5.37. The highest BCUT2D eigenvalue weighted by Gasteiger charge is 2.02. The zero-order chi connectivity index (χ0) is 13.0. The van der Waals surface area contributed by atoms with Crippen molar-refractivity contribution in [3.63, 3.8) is 0 Å². The van der Waals surface area contributed by atoms with Crippen molar-refractivity contribution in [2.45, 2.75) is 0 Å². The van der Waals surface area contributed by atoms with Crippen molar-refractivity contribution >= 4 is 17.8 Å². The highest BCUT2D eigenvalue weighted by Crippen LogP contribution is 2.19. The summed E-state index contributed by atoms with van der Waals surface area (Å²) in [5.74, 6) is 0.204. The first-order chi connectivity index (χ1) is 8.66. The molecule has 0 bridgehead atoms. The fraction of sp³-hybridized carbons (Fsp3) is 0. The summed E-state index contributed by atoms with van der Waals surface area (Å²) in [5, 5.41) is 20.1. The first-order valence-corrected chi connectivity index (χ1v) is 5.37. The van der Waals surface area contributed by atoms with Gasteiger partial charge in [-0.25, -0.2) is 0 Å². The van der Waals surface area contributed by atoms with Crippen molar-refractivity contribution in [2.24, 2.45) is 0 Å². The minimum atomic E-state index is -0.434. The molecule has 0 spiro atoms. The molecule has 0 aliphatic rings. The van der Waals surface area contributed by atoms with Crippen LogP contribution in [0.15, 0.2) is 48.5 Å². The van der Waals surface area contributed by atoms with E-state index < -0.39 is 4.92 Å². The third-order valence-electron chi connectivity index (χ3n) is 2.50. The maximum atomic E-state index is 10.5. The number of para-hydroxylation sites is 1. The summed E-state index contributed by atoms with van der Waals surface area (Å²) in [6.45, 7) is 0. The van der Waals surface area contributed by atoms with E-state index in [-0.39, 0.29) is 11.4 Å². The smallest absolute Gasteiger partial charge is 0.269 e. The number of non-ortho nitro benzene ring substituents is 1. The molecule has 0 atom stereocenters. The Balaban J connectivity index is 2.19. The fourth-order valence-corrected chi connectivity index (χ4v) is 1.52. The van der Waals surface area contributed by atoms with Gasteiger partial charge in [0.05, 0.1) is 4.92 Å². The SMILES string of the molecule is O=[N+]([O-])c1ccc(C=Cc2ccccc2O)cc1. The standard InChI is InChI=1S/C14H11NO3/c16-14-4-2-1-3-12(14)8-5-11-6-9-13(10-7-11)15(17)18/h1-10,16H. The average molecular weight is 241 g/mol. The Morgan fingerprint density at radius 1 is 1.00 bits per heavy atom. The molecular weight excluding hydrogens is 230 g/mol. The van der Waals surface area contributed by atoms with Crippen LogP contribution < -0.4 is 0 Å². The first kappa shape index (κ1) is 11.9. The maximum absolute atomic E-state index is 10.5. The van der Waals surface area contributed by atoms with E-state index in [0.29, 0.717) is 5.56 Å². The molecule has 4 heteroatoms. The van der Waals surface area contributed by atoms with Crippen LogP contribution in [-0.2, 0) is 0 Å². The molecular formula is C14H11NO3. The molecule has 0 heterocycles. The number of hydrogen-bond acceptors (Lipinski definition) is 3. The van der Waals surface area contributed by atoms with Crippen LogP contribution in [-0.4, -0.2) is 10.0 Å². The van der Waals surface area contributed by atoms with Crippen LogP contribution in [0, 0.1) is 10.1 Å². The monoisotopic (exact) mass is 241 g/mol. The molecule has 0 unspecified atom stereocenters. The summed E-state index contributed by atoms with van der Waals surface area (Å²) in [6.07, 6.45) is 3.55. The Labute approximate surface area is 104 Å².